The molecule has 5 heteroatoms. The molecule has 3 heterocycles. The van der Waals surface area contributed by atoms with E-state index in [9.17, 15) is 4.79 Å². The summed E-state index contributed by atoms with van der Waals surface area (Å²) in [4.78, 5) is 22.1. The fourth-order valence-electron chi connectivity index (χ4n) is 4.60. The van der Waals surface area contributed by atoms with Crippen molar-refractivity contribution < 1.29 is 9.53 Å². The van der Waals surface area contributed by atoms with Crippen LogP contribution in [0.3, 0.4) is 0 Å². The third kappa shape index (κ3) is 5.81. The molecular formula is C26H33N3O2. The molecule has 164 valence electrons. The van der Waals surface area contributed by atoms with Gasteiger partial charge in [0.15, 0.2) is 0 Å². The number of carbonyl (C=O) groups is 1. The van der Waals surface area contributed by atoms with E-state index in [0.717, 1.165) is 76.3 Å². The first-order chi connectivity index (χ1) is 15.2. The molecule has 5 nitrogen and oxygen atoms in total. The van der Waals surface area contributed by atoms with Crippen LogP contribution in [0.2, 0.25) is 0 Å². The number of amides is 1. The number of hydrogen-bond donors (Lipinski definition) is 0. The molecule has 2 aliphatic rings. The third-order valence-electron chi connectivity index (χ3n) is 6.13. The summed E-state index contributed by atoms with van der Waals surface area (Å²) < 4.78 is 5.64. The summed E-state index contributed by atoms with van der Waals surface area (Å²) in [5.74, 6) is 0.272. The van der Waals surface area contributed by atoms with Gasteiger partial charge in [0.2, 0.25) is 5.91 Å². The van der Waals surface area contributed by atoms with Crippen LogP contribution in [0.5, 0.6) is 0 Å². The molecule has 1 amide bonds. The first-order valence-corrected chi connectivity index (χ1v) is 11.5. The first-order valence-electron chi connectivity index (χ1n) is 11.5. The predicted molar refractivity (Wildman–Crippen MR) is 124 cm³/mol. The normalized spacial score (nSPS) is 20.4. The van der Waals surface area contributed by atoms with Crippen LogP contribution >= 0.6 is 0 Å². The summed E-state index contributed by atoms with van der Waals surface area (Å²) in [6.07, 6.45) is 8.75. The fourth-order valence-corrected chi connectivity index (χ4v) is 4.60. The van der Waals surface area contributed by atoms with E-state index in [1.807, 2.05) is 12.3 Å². The van der Waals surface area contributed by atoms with Crippen molar-refractivity contribution in [3.63, 3.8) is 0 Å². The molecule has 0 N–H and O–H groups in total. The van der Waals surface area contributed by atoms with Crippen LogP contribution in [-0.4, -0.2) is 66.6 Å². The van der Waals surface area contributed by atoms with Crippen LogP contribution in [0.15, 0.2) is 60.4 Å². The van der Waals surface area contributed by atoms with E-state index >= 15 is 0 Å². The molecule has 1 aromatic carbocycles. The number of hydrogen-bond acceptors (Lipinski definition) is 4. The van der Waals surface area contributed by atoms with Gasteiger partial charge in [-0.3, -0.25) is 14.7 Å². The summed E-state index contributed by atoms with van der Waals surface area (Å²) in [5.41, 5.74) is 4.81. The summed E-state index contributed by atoms with van der Waals surface area (Å²) >= 11 is 0. The minimum absolute atomic E-state index is 0.0247. The van der Waals surface area contributed by atoms with Crippen LogP contribution in [0.25, 0.3) is 11.1 Å². The number of aromatic nitrogens is 1. The average Bonchev–Trinajstić information content (AvgIpc) is 2.95. The van der Waals surface area contributed by atoms with Crippen molar-refractivity contribution in [1.29, 1.82) is 0 Å². The van der Waals surface area contributed by atoms with Crippen LogP contribution < -0.4 is 0 Å². The molecule has 31 heavy (non-hydrogen) atoms. The Morgan fingerprint density at radius 1 is 1.16 bits per heavy atom. The highest BCUT2D eigenvalue weighted by Gasteiger charge is 2.30. The molecule has 0 saturated carbocycles. The quantitative estimate of drug-likeness (QED) is 0.641. The second-order valence-corrected chi connectivity index (χ2v) is 8.61. The molecule has 0 bridgehead atoms. The molecular weight excluding hydrogens is 386 g/mol. The Morgan fingerprint density at radius 3 is 2.84 bits per heavy atom. The van der Waals surface area contributed by atoms with Gasteiger partial charge in [-0.25, -0.2) is 0 Å². The molecule has 0 spiro atoms. The Hall–Kier alpha value is -2.50. The molecule has 1 fully saturated rings. The number of benzene rings is 1. The Balaban J connectivity index is 1.52. The Bertz CT molecular complexity index is 897. The van der Waals surface area contributed by atoms with Crippen molar-refractivity contribution >= 4 is 5.91 Å². The predicted octanol–water partition coefficient (Wildman–Crippen LogP) is 3.81. The van der Waals surface area contributed by atoms with Gasteiger partial charge in [0.25, 0.3) is 0 Å². The lowest BCUT2D eigenvalue weighted by Crippen LogP contribution is -2.38. The van der Waals surface area contributed by atoms with Crippen LogP contribution in [0, 0.1) is 5.92 Å². The van der Waals surface area contributed by atoms with Gasteiger partial charge >= 0.3 is 0 Å². The standard InChI is InChI=1S/C26H33N3O2/c1-2-11-29-13-12-28(18-22-7-5-14-31-20-22)19-25(26(29)30)16-21-6-3-8-23(15-21)24-9-4-10-27-17-24/h3-4,6-10,15,17,25H,2,5,11-14,16,18-20H2,1H3/t25-/m1/s1. The van der Waals surface area contributed by atoms with Gasteiger partial charge in [-0.15, -0.1) is 0 Å². The molecule has 2 aromatic rings. The fraction of sp³-hybridized carbons (Fsp3) is 0.462. The van der Waals surface area contributed by atoms with Crippen molar-refractivity contribution in [3.8, 4) is 11.1 Å². The molecule has 0 unspecified atom stereocenters. The lowest BCUT2D eigenvalue weighted by molar-refractivity contribution is -0.134. The minimum atomic E-state index is -0.0247. The van der Waals surface area contributed by atoms with E-state index in [4.69, 9.17) is 4.74 Å². The van der Waals surface area contributed by atoms with E-state index in [-0.39, 0.29) is 5.92 Å². The van der Waals surface area contributed by atoms with Gasteiger partial charge < -0.3 is 9.64 Å². The number of pyridine rings is 1. The number of rotatable bonds is 7. The molecule has 0 aliphatic carbocycles. The zero-order valence-corrected chi connectivity index (χ0v) is 18.5. The highest BCUT2D eigenvalue weighted by atomic mass is 16.5. The summed E-state index contributed by atoms with van der Waals surface area (Å²) in [6.45, 7) is 7.97. The zero-order valence-electron chi connectivity index (χ0n) is 18.5. The molecule has 4 rings (SSSR count). The monoisotopic (exact) mass is 419 g/mol. The number of carbonyl (C=O) groups excluding carboxylic acids is 1. The second-order valence-electron chi connectivity index (χ2n) is 8.61. The smallest absolute Gasteiger partial charge is 0.227 e. The third-order valence-corrected chi connectivity index (χ3v) is 6.13. The van der Waals surface area contributed by atoms with E-state index in [2.05, 4.69) is 58.1 Å². The van der Waals surface area contributed by atoms with E-state index in [1.54, 1.807) is 6.20 Å². The lowest BCUT2D eigenvalue weighted by atomic mass is 9.95. The number of ether oxygens (including phenoxy) is 1. The zero-order chi connectivity index (χ0) is 21.5. The van der Waals surface area contributed by atoms with Crippen LogP contribution in [0.4, 0.5) is 0 Å². The maximum atomic E-state index is 13.4. The number of nitrogens with zero attached hydrogens (tertiary/aromatic N) is 3. The molecule has 2 aliphatic heterocycles. The van der Waals surface area contributed by atoms with Crippen molar-refractivity contribution in [3.05, 3.63) is 66.0 Å². The van der Waals surface area contributed by atoms with Gasteiger partial charge in [-0.1, -0.05) is 43.3 Å². The summed E-state index contributed by atoms with van der Waals surface area (Å²) in [7, 11) is 0. The van der Waals surface area contributed by atoms with E-state index in [0.29, 0.717) is 5.91 Å². The van der Waals surface area contributed by atoms with Crippen molar-refractivity contribution in [1.82, 2.24) is 14.8 Å². The first kappa shape index (κ1) is 21.7. The van der Waals surface area contributed by atoms with Gasteiger partial charge in [0.1, 0.15) is 0 Å². The highest BCUT2D eigenvalue weighted by molar-refractivity contribution is 5.80. The lowest BCUT2D eigenvalue weighted by Gasteiger charge is -2.25. The van der Waals surface area contributed by atoms with Crippen molar-refractivity contribution in [2.75, 3.05) is 45.9 Å². The average molecular weight is 420 g/mol. The van der Waals surface area contributed by atoms with Crippen molar-refractivity contribution in [2.45, 2.75) is 26.2 Å². The molecule has 1 saturated heterocycles. The minimum Gasteiger partial charge on any atom is -0.377 e. The van der Waals surface area contributed by atoms with Gasteiger partial charge in [0.05, 0.1) is 19.1 Å². The van der Waals surface area contributed by atoms with E-state index < -0.39 is 0 Å². The molecule has 1 atom stereocenters. The van der Waals surface area contributed by atoms with E-state index in [1.165, 1.54) is 11.1 Å². The van der Waals surface area contributed by atoms with Crippen LogP contribution in [0.1, 0.15) is 25.3 Å². The maximum absolute atomic E-state index is 13.4. The van der Waals surface area contributed by atoms with Crippen molar-refractivity contribution in [2.24, 2.45) is 5.92 Å². The Morgan fingerprint density at radius 2 is 2.06 bits per heavy atom. The Labute approximate surface area is 185 Å². The van der Waals surface area contributed by atoms with Gasteiger partial charge in [-0.2, -0.15) is 0 Å². The summed E-state index contributed by atoms with van der Waals surface area (Å²) in [6, 6.07) is 12.6. The second kappa shape index (κ2) is 10.7. The summed E-state index contributed by atoms with van der Waals surface area (Å²) in [5, 5.41) is 0. The largest absolute Gasteiger partial charge is 0.377 e. The highest BCUT2D eigenvalue weighted by Crippen LogP contribution is 2.23. The van der Waals surface area contributed by atoms with Gasteiger partial charge in [-0.05, 0) is 47.6 Å². The van der Waals surface area contributed by atoms with Gasteiger partial charge in [0, 0.05) is 45.1 Å². The maximum Gasteiger partial charge on any atom is 0.227 e. The topological polar surface area (TPSA) is 45.7 Å². The SMILES string of the molecule is CCCN1CCN(CC2=CCCOC2)C[C@@H](Cc2cccc(-c3cccnc3)c2)C1=O. The Kier molecular flexibility index (Phi) is 7.49. The molecule has 1 aromatic heterocycles. The molecule has 0 radical (unpaired) electrons. The van der Waals surface area contributed by atoms with Crippen LogP contribution in [-0.2, 0) is 16.0 Å².